The molecule has 1 aliphatic carbocycles. The van der Waals surface area contributed by atoms with Crippen LogP contribution in [-0.4, -0.2) is 69.1 Å². The standard InChI is InChI=1S/C47H49NO9/c1-32(44(46(49)51-2)48-47(50)55-30-40-38-24-14-12-22-36(38)37-23-13-15-25-39(37)40)56-43-26-41(53-28-34-18-8-4-9-19-34)45(54-29-35-20-10-5-11-21-35)42(57-43)31-52-27-33-16-6-3-7-17-33/h3-25,32,40-45H,26-31H2,1-2H3,(H,48,50)/t32-,41-,42-,43+,44+,45-/m1/s1. The summed E-state index contributed by atoms with van der Waals surface area (Å²) >= 11 is 0. The third kappa shape index (κ3) is 10.3. The van der Waals surface area contributed by atoms with E-state index in [2.05, 4.69) is 17.4 Å². The first kappa shape index (κ1) is 39.9. The van der Waals surface area contributed by atoms with Gasteiger partial charge in [0.15, 0.2) is 12.3 Å². The Morgan fingerprint density at radius 2 is 1.21 bits per heavy atom. The van der Waals surface area contributed by atoms with Gasteiger partial charge in [0.25, 0.3) is 0 Å². The van der Waals surface area contributed by atoms with Crippen molar-refractivity contribution in [3.8, 4) is 11.1 Å². The largest absolute Gasteiger partial charge is 0.467 e. The van der Waals surface area contributed by atoms with Gasteiger partial charge in [-0.15, -0.1) is 0 Å². The Balaban J connectivity index is 1.05. The van der Waals surface area contributed by atoms with Gasteiger partial charge < -0.3 is 38.5 Å². The fourth-order valence-electron chi connectivity index (χ4n) is 7.48. The van der Waals surface area contributed by atoms with E-state index >= 15 is 0 Å². The SMILES string of the molecule is COC(=O)[C@@H](NC(=O)OCC1c2ccccc2-c2ccccc21)[C@@H](C)O[C@@H]1C[C@@H](OCc2ccccc2)[C@@H](OCc2ccccc2)[C@@H](COCc2ccccc2)O1. The predicted octanol–water partition coefficient (Wildman–Crippen LogP) is 7.97. The van der Waals surface area contributed by atoms with Crippen LogP contribution >= 0.6 is 0 Å². The van der Waals surface area contributed by atoms with E-state index < -0.39 is 48.8 Å². The van der Waals surface area contributed by atoms with Crippen LogP contribution in [0.25, 0.3) is 11.1 Å². The number of nitrogens with one attached hydrogen (secondary N) is 1. The van der Waals surface area contributed by atoms with Crippen molar-refractivity contribution >= 4 is 12.1 Å². The zero-order chi connectivity index (χ0) is 39.4. The number of carbonyl (C=O) groups is 2. The molecular formula is C47H49NO9. The van der Waals surface area contributed by atoms with E-state index in [1.165, 1.54) is 7.11 Å². The van der Waals surface area contributed by atoms with Crippen molar-refractivity contribution in [3.05, 3.63) is 167 Å². The lowest BCUT2D eigenvalue weighted by Gasteiger charge is -2.42. The molecule has 57 heavy (non-hydrogen) atoms. The second-order valence-electron chi connectivity index (χ2n) is 14.2. The van der Waals surface area contributed by atoms with Gasteiger partial charge in [-0.25, -0.2) is 9.59 Å². The summed E-state index contributed by atoms with van der Waals surface area (Å²) in [6.45, 7) is 3.01. The number of methoxy groups -OCH3 is 1. The van der Waals surface area contributed by atoms with Crippen molar-refractivity contribution in [2.45, 2.75) is 75.8 Å². The molecule has 6 atom stereocenters. The summed E-state index contributed by atoms with van der Waals surface area (Å²) in [6.07, 6.45) is -3.81. The van der Waals surface area contributed by atoms with Crippen LogP contribution in [0.2, 0.25) is 0 Å². The molecule has 7 rings (SSSR count). The number of esters is 1. The van der Waals surface area contributed by atoms with Gasteiger partial charge in [-0.1, -0.05) is 140 Å². The molecule has 1 fully saturated rings. The third-order valence-electron chi connectivity index (χ3n) is 10.4. The lowest BCUT2D eigenvalue weighted by molar-refractivity contribution is -0.288. The molecule has 296 valence electrons. The molecule has 1 saturated heterocycles. The van der Waals surface area contributed by atoms with Crippen molar-refractivity contribution < 1.29 is 42.7 Å². The number of fused-ring (bicyclic) bond motifs is 3. The molecule has 1 heterocycles. The predicted molar refractivity (Wildman–Crippen MR) is 214 cm³/mol. The molecule has 0 bridgehead atoms. The Morgan fingerprint density at radius 3 is 1.79 bits per heavy atom. The number of hydrogen-bond donors (Lipinski definition) is 1. The van der Waals surface area contributed by atoms with E-state index in [0.29, 0.717) is 19.8 Å². The van der Waals surface area contributed by atoms with E-state index in [-0.39, 0.29) is 25.6 Å². The Hall–Kier alpha value is -5.36. The van der Waals surface area contributed by atoms with Crippen LogP contribution in [-0.2, 0) is 57.8 Å². The van der Waals surface area contributed by atoms with Crippen LogP contribution in [0.15, 0.2) is 140 Å². The second kappa shape index (κ2) is 19.7. The molecule has 1 aliphatic heterocycles. The molecule has 0 radical (unpaired) electrons. The topological polar surface area (TPSA) is 111 Å². The Labute approximate surface area is 334 Å². The van der Waals surface area contributed by atoms with E-state index in [9.17, 15) is 9.59 Å². The van der Waals surface area contributed by atoms with Gasteiger partial charge in [0.05, 0.1) is 45.7 Å². The first-order valence-corrected chi connectivity index (χ1v) is 19.4. The van der Waals surface area contributed by atoms with Gasteiger partial charge in [-0.2, -0.15) is 0 Å². The lowest BCUT2D eigenvalue weighted by Crippen LogP contribution is -2.55. The molecule has 1 amide bonds. The fourth-order valence-corrected chi connectivity index (χ4v) is 7.48. The molecule has 0 aromatic heterocycles. The highest BCUT2D eigenvalue weighted by Gasteiger charge is 2.43. The Bertz CT molecular complexity index is 1980. The molecule has 0 spiro atoms. The normalized spacial score (nSPS) is 19.8. The highest BCUT2D eigenvalue weighted by atomic mass is 16.7. The molecule has 10 heteroatoms. The average molecular weight is 772 g/mol. The molecule has 5 aromatic rings. The van der Waals surface area contributed by atoms with Gasteiger partial charge in [0.2, 0.25) is 0 Å². The van der Waals surface area contributed by atoms with E-state index in [1.54, 1.807) is 6.92 Å². The summed E-state index contributed by atoms with van der Waals surface area (Å²) in [7, 11) is 1.26. The molecule has 0 unspecified atom stereocenters. The Morgan fingerprint density at radius 1 is 0.684 bits per heavy atom. The molecule has 2 aliphatic rings. The van der Waals surface area contributed by atoms with Crippen LogP contribution in [0.4, 0.5) is 4.79 Å². The molecule has 5 aromatic carbocycles. The van der Waals surface area contributed by atoms with Gasteiger partial charge >= 0.3 is 12.1 Å². The van der Waals surface area contributed by atoms with Crippen molar-refractivity contribution in [3.63, 3.8) is 0 Å². The minimum absolute atomic E-state index is 0.0875. The zero-order valence-electron chi connectivity index (χ0n) is 32.2. The van der Waals surface area contributed by atoms with E-state index in [4.69, 9.17) is 33.2 Å². The number of rotatable bonds is 17. The van der Waals surface area contributed by atoms with Gasteiger partial charge in [0, 0.05) is 12.3 Å². The molecule has 1 N–H and O–H groups in total. The summed E-state index contributed by atoms with van der Waals surface area (Å²) in [4.78, 5) is 26.5. The van der Waals surface area contributed by atoms with E-state index in [0.717, 1.165) is 38.9 Å². The van der Waals surface area contributed by atoms with Crippen molar-refractivity contribution in [1.82, 2.24) is 5.32 Å². The molecule has 0 saturated carbocycles. The first-order chi connectivity index (χ1) is 28.0. The van der Waals surface area contributed by atoms with Crippen LogP contribution < -0.4 is 5.32 Å². The number of benzene rings is 5. The maximum Gasteiger partial charge on any atom is 0.407 e. The lowest BCUT2D eigenvalue weighted by atomic mass is 9.98. The number of alkyl carbamates (subject to hydrolysis) is 1. The highest BCUT2D eigenvalue weighted by molar-refractivity contribution is 5.82. The van der Waals surface area contributed by atoms with Crippen LogP contribution in [0.5, 0.6) is 0 Å². The maximum absolute atomic E-state index is 13.4. The summed E-state index contributed by atoms with van der Waals surface area (Å²) in [5.41, 5.74) is 7.44. The molecule has 10 nitrogen and oxygen atoms in total. The quantitative estimate of drug-likeness (QED) is 0.0942. The average Bonchev–Trinajstić information content (AvgIpc) is 3.57. The number of amides is 1. The van der Waals surface area contributed by atoms with Crippen LogP contribution in [0.3, 0.4) is 0 Å². The third-order valence-corrected chi connectivity index (χ3v) is 10.4. The van der Waals surface area contributed by atoms with Crippen molar-refractivity contribution in [2.75, 3.05) is 20.3 Å². The van der Waals surface area contributed by atoms with Crippen LogP contribution in [0, 0.1) is 0 Å². The summed E-state index contributed by atoms with van der Waals surface area (Å²) in [5.74, 6) is -0.828. The number of carbonyl (C=O) groups excluding carboxylic acids is 2. The zero-order valence-corrected chi connectivity index (χ0v) is 32.2. The minimum atomic E-state index is -1.20. The number of hydrogen-bond acceptors (Lipinski definition) is 9. The first-order valence-electron chi connectivity index (χ1n) is 19.4. The smallest absolute Gasteiger partial charge is 0.407 e. The van der Waals surface area contributed by atoms with Gasteiger partial charge in [-0.05, 0) is 45.9 Å². The van der Waals surface area contributed by atoms with Crippen molar-refractivity contribution in [1.29, 1.82) is 0 Å². The van der Waals surface area contributed by atoms with Crippen molar-refractivity contribution in [2.24, 2.45) is 0 Å². The molecular weight excluding hydrogens is 723 g/mol. The monoisotopic (exact) mass is 771 g/mol. The van der Waals surface area contributed by atoms with Gasteiger partial charge in [0.1, 0.15) is 18.8 Å². The van der Waals surface area contributed by atoms with Gasteiger partial charge in [-0.3, -0.25) is 0 Å². The van der Waals surface area contributed by atoms with Crippen LogP contribution in [0.1, 0.15) is 47.1 Å². The van der Waals surface area contributed by atoms with E-state index in [1.807, 2.05) is 127 Å². The number of ether oxygens (including phenoxy) is 7. The Kier molecular flexibility index (Phi) is 13.8. The fraction of sp³-hybridized carbons (Fsp3) is 0.319. The summed E-state index contributed by atoms with van der Waals surface area (Å²) < 4.78 is 43.3. The highest BCUT2D eigenvalue weighted by Crippen LogP contribution is 2.44. The minimum Gasteiger partial charge on any atom is -0.467 e. The maximum atomic E-state index is 13.4. The summed E-state index contributed by atoms with van der Waals surface area (Å²) in [6, 6.07) is 44.7. The second-order valence-corrected chi connectivity index (χ2v) is 14.2. The summed E-state index contributed by atoms with van der Waals surface area (Å²) in [5, 5.41) is 2.70.